The first kappa shape index (κ1) is 12.6. The summed E-state index contributed by atoms with van der Waals surface area (Å²) in [5, 5.41) is 9.20. The maximum Gasteiger partial charge on any atom is 0.103 e. The van der Waals surface area contributed by atoms with E-state index >= 15 is 0 Å². The standard InChI is InChI=1S/C14H12BrN3/c1-18(10-11-5-7-17-8-6-11)14-4-2-3-13(15)12(14)9-16/h2-8H,10H2,1H3. The summed E-state index contributed by atoms with van der Waals surface area (Å²) in [5.41, 5.74) is 2.74. The van der Waals surface area contributed by atoms with E-state index < -0.39 is 0 Å². The first-order chi connectivity index (χ1) is 8.72. The summed E-state index contributed by atoms with van der Waals surface area (Å²) in [6, 6.07) is 11.9. The summed E-state index contributed by atoms with van der Waals surface area (Å²) in [4.78, 5) is 6.05. The van der Waals surface area contributed by atoms with Crippen LogP contribution in [0.2, 0.25) is 0 Å². The van der Waals surface area contributed by atoms with Gasteiger partial charge in [-0.2, -0.15) is 5.26 Å². The largest absolute Gasteiger partial charge is 0.369 e. The minimum absolute atomic E-state index is 0.661. The number of nitrogens with zero attached hydrogens (tertiary/aromatic N) is 3. The average Bonchev–Trinajstić information content (AvgIpc) is 2.39. The van der Waals surface area contributed by atoms with Crippen LogP contribution in [-0.2, 0) is 6.54 Å². The minimum atomic E-state index is 0.661. The molecule has 0 aliphatic carbocycles. The molecule has 0 spiro atoms. The molecule has 0 fully saturated rings. The second-order valence-corrected chi connectivity index (χ2v) is 4.81. The number of halogens is 1. The molecule has 2 aromatic rings. The highest BCUT2D eigenvalue weighted by Gasteiger charge is 2.10. The third-order valence-corrected chi connectivity index (χ3v) is 3.34. The Bertz CT molecular complexity index is 575. The summed E-state index contributed by atoms with van der Waals surface area (Å²) >= 11 is 3.40. The highest BCUT2D eigenvalue weighted by Crippen LogP contribution is 2.27. The molecule has 0 atom stereocenters. The van der Waals surface area contributed by atoms with E-state index in [9.17, 15) is 5.26 Å². The number of nitriles is 1. The van der Waals surface area contributed by atoms with Gasteiger partial charge in [-0.25, -0.2) is 0 Å². The molecule has 0 aliphatic heterocycles. The molecule has 0 saturated carbocycles. The van der Waals surface area contributed by atoms with Gasteiger partial charge in [-0.1, -0.05) is 6.07 Å². The number of aromatic nitrogens is 1. The van der Waals surface area contributed by atoms with E-state index in [0.29, 0.717) is 5.56 Å². The summed E-state index contributed by atoms with van der Waals surface area (Å²) < 4.78 is 0.823. The molecule has 0 radical (unpaired) electrons. The lowest BCUT2D eigenvalue weighted by atomic mass is 10.1. The van der Waals surface area contributed by atoms with Crippen molar-refractivity contribution in [2.24, 2.45) is 0 Å². The molecule has 1 heterocycles. The Labute approximate surface area is 115 Å². The van der Waals surface area contributed by atoms with Gasteiger partial charge in [0.2, 0.25) is 0 Å². The van der Waals surface area contributed by atoms with Crippen molar-refractivity contribution in [2.75, 3.05) is 11.9 Å². The number of pyridine rings is 1. The van der Waals surface area contributed by atoms with Gasteiger partial charge in [-0.3, -0.25) is 4.98 Å². The van der Waals surface area contributed by atoms with Crippen LogP contribution in [-0.4, -0.2) is 12.0 Å². The van der Waals surface area contributed by atoms with Crippen molar-refractivity contribution < 1.29 is 0 Å². The fourth-order valence-corrected chi connectivity index (χ4v) is 2.23. The van der Waals surface area contributed by atoms with Crippen LogP contribution in [0.1, 0.15) is 11.1 Å². The Hall–Kier alpha value is -1.86. The van der Waals surface area contributed by atoms with Gasteiger partial charge in [0.25, 0.3) is 0 Å². The lowest BCUT2D eigenvalue weighted by Gasteiger charge is -2.21. The van der Waals surface area contributed by atoms with Crippen LogP contribution in [0, 0.1) is 11.3 Å². The molecular formula is C14H12BrN3. The van der Waals surface area contributed by atoms with Gasteiger partial charge in [0, 0.05) is 30.5 Å². The Balaban J connectivity index is 2.27. The molecule has 4 heteroatoms. The average molecular weight is 302 g/mol. The highest BCUT2D eigenvalue weighted by atomic mass is 79.9. The van der Waals surface area contributed by atoms with Crippen molar-refractivity contribution in [3.63, 3.8) is 0 Å². The molecule has 90 valence electrons. The van der Waals surface area contributed by atoms with E-state index in [4.69, 9.17) is 0 Å². The molecule has 0 N–H and O–H groups in total. The lowest BCUT2D eigenvalue weighted by molar-refractivity contribution is 0.917. The van der Waals surface area contributed by atoms with Crippen LogP contribution >= 0.6 is 15.9 Å². The summed E-state index contributed by atoms with van der Waals surface area (Å²) in [6.45, 7) is 0.744. The molecule has 18 heavy (non-hydrogen) atoms. The molecular weight excluding hydrogens is 290 g/mol. The van der Waals surface area contributed by atoms with Crippen LogP contribution in [0.3, 0.4) is 0 Å². The van der Waals surface area contributed by atoms with E-state index in [0.717, 1.165) is 22.3 Å². The highest BCUT2D eigenvalue weighted by molar-refractivity contribution is 9.10. The topological polar surface area (TPSA) is 39.9 Å². The van der Waals surface area contributed by atoms with Crippen molar-refractivity contribution >= 4 is 21.6 Å². The minimum Gasteiger partial charge on any atom is -0.369 e. The maximum absolute atomic E-state index is 9.20. The Kier molecular flexibility index (Phi) is 3.96. The second-order valence-electron chi connectivity index (χ2n) is 3.96. The zero-order valence-electron chi connectivity index (χ0n) is 9.97. The number of rotatable bonds is 3. The fourth-order valence-electron chi connectivity index (χ4n) is 1.79. The van der Waals surface area contributed by atoms with Crippen molar-refractivity contribution in [1.29, 1.82) is 5.26 Å². The quantitative estimate of drug-likeness (QED) is 0.873. The van der Waals surface area contributed by atoms with Crippen LogP contribution in [0.25, 0.3) is 0 Å². The van der Waals surface area contributed by atoms with Gasteiger partial charge in [-0.05, 0) is 45.8 Å². The zero-order chi connectivity index (χ0) is 13.0. The van der Waals surface area contributed by atoms with Gasteiger partial charge in [0.1, 0.15) is 6.07 Å². The van der Waals surface area contributed by atoms with Crippen molar-refractivity contribution in [1.82, 2.24) is 4.98 Å². The first-order valence-electron chi connectivity index (χ1n) is 5.51. The third-order valence-electron chi connectivity index (χ3n) is 2.68. The molecule has 0 amide bonds. The normalized spacial score (nSPS) is 9.83. The maximum atomic E-state index is 9.20. The Morgan fingerprint density at radius 3 is 2.67 bits per heavy atom. The van der Waals surface area contributed by atoms with Gasteiger partial charge in [-0.15, -0.1) is 0 Å². The van der Waals surface area contributed by atoms with Crippen LogP contribution in [0.15, 0.2) is 47.2 Å². The van der Waals surface area contributed by atoms with Crippen molar-refractivity contribution in [3.05, 3.63) is 58.3 Å². The molecule has 0 aliphatic rings. The van der Waals surface area contributed by atoms with Gasteiger partial charge in [0.05, 0.1) is 11.3 Å². The monoisotopic (exact) mass is 301 g/mol. The fraction of sp³-hybridized carbons (Fsp3) is 0.143. The smallest absolute Gasteiger partial charge is 0.103 e. The van der Waals surface area contributed by atoms with Crippen LogP contribution < -0.4 is 4.90 Å². The summed E-state index contributed by atoms with van der Waals surface area (Å²) in [7, 11) is 1.98. The summed E-state index contributed by atoms with van der Waals surface area (Å²) in [5.74, 6) is 0. The molecule has 0 unspecified atom stereocenters. The van der Waals surface area contributed by atoms with E-state index in [1.807, 2.05) is 37.4 Å². The molecule has 0 bridgehead atoms. The lowest BCUT2D eigenvalue weighted by Crippen LogP contribution is -2.17. The Morgan fingerprint density at radius 2 is 2.00 bits per heavy atom. The number of benzene rings is 1. The van der Waals surface area contributed by atoms with Crippen molar-refractivity contribution in [3.8, 4) is 6.07 Å². The van der Waals surface area contributed by atoms with Gasteiger partial charge in [0.15, 0.2) is 0 Å². The molecule has 1 aromatic carbocycles. The molecule has 1 aromatic heterocycles. The van der Waals surface area contributed by atoms with E-state index in [2.05, 4.69) is 31.9 Å². The number of hydrogen-bond donors (Lipinski definition) is 0. The molecule has 3 nitrogen and oxygen atoms in total. The van der Waals surface area contributed by atoms with Crippen molar-refractivity contribution in [2.45, 2.75) is 6.54 Å². The van der Waals surface area contributed by atoms with Gasteiger partial charge < -0.3 is 4.90 Å². The second kappa shape index (κ2) is 5.65. The van der Waals surface area contributed by atoms with E-state index in [1.54, 1.807) is 12.4 Å². The molecule has 0 saturated heterocycles. The van der Waals surface area contributed by atoms with Crippen LogP contribution in [0.4, 0.5) is 5.69 Å². The van der Waals surface area contributed by atoms with Crippen LogP contribution in [0.5, 0.6) is 0 Å². The van der Waals surface area contributed by atoms with E-state index in [1.165, 1.54) is 0 Å². The van der Waals surface area contributed by atoms with E-state index in [-0.39, 0.29) is 0 Å². The zero-order valence-corrected chi connectivity index (χ0v) is 11.6. The Morgan fingerprint density at radius 1 is 1.28 bits per heavy atom. The predicted molar refractivity (Wildman–Crippen MR) is 75.2 cm³/mol. The third kappa shape index (κ3) is 2.69. The summed E-state index contributed by atoms with van der Waals surface area (Å²) in [6.07, 6.45) is 3.55. The number of anilines is 1. The first-order valence-corrected chi connectivity index (χ1v) is 6.30. The number of hydrogen-bond acceptors (Lipinski definition) is 3. The predicted octanol–water partition coefficient (Wildman–Crippen LogP) is 3.35. The molecule has 2 rings (SSSR count). The SMILES string of the molecule is CN(Cc1ccncc1)c1cccc(Br)c1C#N. The van der Waals surface area contributed by atoms with Gasteiger partial charge >= 0.3 is 0 Å².